The van der Waals surface area contributed by atoms with Crippen molar-refractivity contribution < 1.29 is 18.7 Å². The molecule has 1 atom stereocenters. The molecular formula is C31H30ClFN4O3S. The first-order valence-electron chi connectivity index (χ1n) is 13.4. The van der Waals surface area contributed by atoms with Crippen LogP contribution in [0.4, 0.5) is 10.3 Å². The van der Waals surface area contributed by atoms with Gasteiger partial charge in [-0.05, 0) is 48.7 Å². The molecule has 2 heterocycles. The predicted molar refractivity (Wildman–Crippen MR) is 159 cm³/mol. The van der Waals surface area contributed by atoms with Crippen molar-refractivity contribution in [3.63, 3.8) is 0 Å². The van der Waals surface area contributed by atoms with E-state index in [0.29, 0.717) is 57.7 Å². The van der Waals surface area contributed by atoms with Gasteiger partial charge in [0.15, 0.2) is 0 Å². The number of allylic oxidation sites excluding steroid dienone is 1. The summed E-state index contributed by atoms with van der Waals surface area (Å²) >= 11 is 7.63. The Morgan fingerprint density at radius 2 is 1.88 bits per heavy atom. The number of halogens is 2. The van der Waals surface area contributed by atoms with Gasteiger partial charge in [-0.25, -0.2) is 13.9 Å². The Labute approximate surface area is 247 Å². The maximum atomic E-state index is 14.2. The van der Waals surface area contributed by atoms with E-state index in [2.05, 4.69) is 10.3 Å². The number of hydrogen-bond donors (Lipinski definition) is 1. The summed E-state index contributed by atoms with van der Waals surface area (Å²) in [4.78, 5) is 18.0. The van der Waals surface area contributed by atoms with E-state index in [1.54, 1.807) is 22.9 Å². The molecule has 0 saturated heterocycles. The molecule has 0 saturated carbocycles. The zero-order valence-electron chi connectivity index (χ0n) is 22.8. The predicted octanol–water partition coefficient (Wildman–Crippen LogP) is 7.57. The highest BCUT2D eigenvalue weighted by Crippen LogP contribution is 2.38. The number of anilines is 1. The van der Waals surface area contributed by atoms with Crippen LogP contribution in [0.2, 0.25) is 5.02 Å². The number of hydrogen-bond acceptors (Lipinski definition) is 7. The lowest BCUT2D eigenvalue weighted by atomic mass is 9.95. The number of esters is 1. The molecule has 0 amide bonds. The van der Waals surface area contributed by atoms with Crippen molar-refractivity contribution in [3.8, 4) is 5.75 Å². The number of unbranched alkanes of at least 4 members (excludes halogenated alkanes) is 1. The molecule has 1 aliphatic rings. The number of rotatable bonds is 11. The van der Waals surface area contributed by atoms with Crippen LogP contribution in [0.1, 0.15) is 49.4 Å². The van der Waals surface area contributed by atoms with Gasteiger partial charge in [-0.3, -0.25) is 0 Å². The minimum absolute atomic E-state index is 0.275. The second kappa shape index (κ2) is 13.2. The fraction of sp³-hybridized carbons (Fsp3) is 0.258. The molecule has 10 heteroatoms. The van der Waals surface area contributed by atoms with Gasteiger partial charge in [0.05, 0.1) is 12.2 Å². The van der Waals surface area contributed by atoms with Gasteiger partial charge in [-0.15, -0.1) is 5.10 Å². The van der Waals surface area contributed by atoms with Crippen molar-refractivity contribution in [2.24, 2.45) is 0 Å². The summed E-state index contributed by atoms with van der Waals surface area (Å²) in [6, 6.07) is 21.1. The monoisotopic (exact) mass is 592 g/mol. The van der Waals surface area contributed by atoms with E-state index >= 15 is 0 Å². The molecule has 7 nitrogen and oxygen atoms in total. The van der Waals surface area contributed by atoms with E-state index in [1.165, 1.54) is 17.8 Å². The summed E-state index contributed by atoms with van der Waals surface area (Å²) in [5.41, 5.74) is 3.28. The second-order valence-electron chi connectivity index (χ2n) is 9.55. The van der Waals surface area contributed by atoms with E-state index in [-0.39, 0.29) is 5.82 Å². The van der Waals surface area contributed by atoms with Crippen molar-refractivity contribution in [2.45, 2.75) is 50.2 Å². The Morgan fingerprint density at radius 1 is 1.10 bits per heavy atom. The molecule has 1 aromatic heterocycles. The maximum Gasteiger partial charge on any atom is 0.338 e. The number of aromatic nitrogens is 3. The first kappa shape index (κ1) is 28.7. The Balaban J connectivity index is 1.46. The van der Waals surface area contributed by atoms with Gasteiger partial charge in [-0.1, -0.05) is 85.2 Å². The Hall–Kier alpha value is -3.82. The molecular weight excluding hydrogens is 563 g/mol. The molecule has 3 aromatic carbocycles. The molecule has 212 valence electrons. The van der Waals surface area contributed by atoms with Crippen LogP contribution in [0.5, 0.6) is 5.75 Å². The van der Waals surface area contributed by atoms with Gasteiger partial charge in [0, 0.05) is 22.0 Å². The third-order valence-electron chi connectivity index (χ3n) is 6.62. The van der Waals surface area contributed by atoms with Crippen LogP contribution >= 0.6 is 23.4 Å². The summed E-state index contributed by atoms with van der Waals surface area (Å²) in [5, 5.41) is 9.04. The van der Waals surface area contributed by atoms with Crippen LogP contribution in [0.25, 0.3) is 0 Å². The van der Waals surface area contributed by atoms with Gasteiger partial charge in [-0.2, -0.15) is 4.98 Å². The van der Waals surface area contributed by atoms with Crippen molar-refractivity contribution in [3.05, 3.63) is 112 Å². The molecule has 0 aliphatic carbocycles. The number of carbonyl (C=O) groups is 1. The van der Waals surface area contributed by atoms with Crippen LogP contribution in [0, 0.1) is 5.82 Å². The Morgan fingerprint density at radius 3 is 2.66 bits per heavy atom. The van der Waals surface area contributed by atoms with E-state index < -0.39 is 12.0 Å². The van der Waals surface area contributed by atoms with Gasteiger partial charge in [0.25, 0.3) is 0 Å². The lowest BCUT2D eigenvalue weighted by molar-refractivity contribution is -0.139. The minimum Gasteiger partial charge on any atom is -0.489 e. The average molecular weight is 593 g/mol. The van der Waals surface area contributed by atoms with Gasteiger partial charge >= 0.3 is 5.97 Å². The number of carbonyl (C=O) groups excluding carboxylic acids is 1. The Kier molecular flexibility index (Phi) is 9.26. The summed E-state index contributed by atoms with van der Waals surface area (Å²) in [5.74, 6) is 0.773. The molecule has 5 rings (SSSR count). The highest BCUT2D eigenvalue weighted by Gasteiger charge is 2.35. The molecule has 1 N–H and O–H groups in total. The summed E-state index contributed by atoms with van der Waals surface area (Å²) < 4.78 is 27.6. The topological polar surface area (TPSA) is 78.3 Å². The van der Waals surface area contributed by atoms with E-state index in [1.807, 2.05) is 62.4 Å². The van der Waals surface area contributed by atoms with E-state index in [9.17, 15) is 9.18 Å². The van der Waals surface area contributed by atoms with Crippen LogP contribution in [0.3, 0.4) is 0 Å². The summed E-state index contributed by atoms with van der Waals surface area (Å²) in [6.45, 7) is 4.49. The fourth-order valence-electron chi connectivity index (χ4n) is 4.46. The van der Waals surface area contributed by atoms with Crippen molar-refractivity contribution in [1.29, 1.82) is 0 Å². The van der Waals surface area contributed by atoms with Crippen LogP contribution in [-0.2, 0) is 21.9 Å². The summed E-state index contributed by atoms with van der Waals surface area (Å²) in [7, 11) is 0. The molecule has 0 radical (unpaired) electrons. The lowest BCUT2D eigenvalue weighted by Crippen LogP contribution is -2.29. The van der Waals surface area contributed by atoms with Crippen LogP contribution in [0.15, 0.2) is 89.2 Å². The molecule has 1 aliphatic heterocycles. The number of ether oxygens (including phenoxy) is 2. The summed E-state index contributed by atoms with van der Waals surface area (Å²) in [6.07, 6.45) is 1.68. The number of thioether (sulfide) groups is 1. The van der Waals surface area contributed by atoms with Crippen molar-refractivity contribution >= 4 is 35.3 Å². The van der Waals surface area contributed by atoms with Gasteiger partial charge in [0.1, 0.15) is 24.2 Å². The van der Waals surface area contributed by atoms with Crippen molar-refractivity contribution in [2.75, 3.05) is 11.9 Å². The average Bonchev–Trinajstić information content (AvgIpc) is 3.38. The lowest BCUT2D eigenvalue weighted by Gasteiger charge is -2.28. The zero-order valence-corrected chi connectivity index (χ0v) is 24.3. The van der Waals surface area contributed by atoms with E-state index in [4.69, 9.17) is 26.2 Å². The number of nitrogens with one attached hydrogen (secondary N) is 1. The van der Waals surface area contributed by atoms with Crippen LogP contribution in [-0.4, -0.2) is 27.3 Å². The first-order valence-corrected chi connectivity index (χ1v) is 14.7. The standard InChI is InChI=1S/C31H30ClFN4O3S/c1-3-4-16-39-29(38)27-20(2)34-30-35-31(41-19-23-11-6-8-15-26(23)33)36-37(30)28(27)21-12-9-13-24(17-21)40-18-22-10-5-7-14-25(22)32/h5-15,17,28H,3-4,16,18-19H2,1-2H3,(H,34,35,36). The third kappa shape index (κ3) is 6.74. The van der Waals surface area contributed by atoms with E-state index in [0.717, 1.165) is 24.0 Å². The molecule has 4 aromatic rings. The molecule has 0 fully saturated rings. The smallest absolute Gasteiger partial charge is 0.338 e. The highest BCUT2D eigenvalue weighted by molar-refractivity contribution is 7.98. The number of fused-ring (bicyclic) bond motifs is 1. The molecule has 0 bridgehead atoms. The largest absolute Gasteiger partial charge is 0.489 e. The zero-order chi connectivity index (χ0) is 28.8. The van der Waals surface area contributed by atoms with Gasteiger partial charge in [0.2, 0.25) is 11.1 Å². The second-order valence-corrected chi connectivity index (χ2v) is 10.9. The van der Waals surface area contributed by atoms with Gasteiger partial charge < -0.3 is 14.8 Å². The minimum atomic E-state index is -0.612. The van der Waals surface area contributed by atoms with Crippen molar-refractivity contribution in [1.82, 2.24) is 14.8 Å². The maximum absolute atomic E-state index is 14.2. The fourth-order valence-corrected chi connectivity index (χ4v) is 5.47. The molecule has 0 spiro atoms. The number of benzene rings is 3. The Bertz CT molecular complexity index is 1570. The molecule has 41 heavy (non-hydrogen) atoms. The normalized spacial score (nSPS) is 14.4. The first-order chi connectivity index (χ1) is 19.9. The number of nitrogens with zero attached hydrogens (tertiary/aromatic N) is 3. The third-order valence-corrected chi connectivity index (χ3v) is 7.88. The molecule has 1 unspecified atom stereocenters. The SMILES string of the molecule is CCCCOC(=O)C1=C(C)Nc2nc(SCc3ccccc3F)nn2C1c1cccc(OCc2ccccc2Cl)c1. The van der Waals surface area contributed by atoms with Crippen LogP contribution < -0.4 is 10.1 Å². The quantitative estimate of drug-likeness (QED) is 0.109. The highest BCUT2D eigenvalue weighted by atomic mass is 35.5.